The van der Waals surface area contributed by atoms with Gasteiger partial charge in [-0.25, -0.2) is 9.67 Å². The lowest BCUT2D eigenvalue weighted by Crippen LogP contribution is -2.13. The third-order valence-corrected chi connectivity index (χ3v) is 2.21. The molecule has 0 bridgehead atoms. The highest BCUT2D eigenvalue weighted by molar-refractivity contribution is 5.15. The van der Waals surface area contributed by atoms with Gasteiger partial charge in [0.05, 0.1) is 13.1 Å². The predicted molar refractivity (Wildman–Crippen MR) is 58.3 cm³/mol. The zero-order valence-corrected chi connectivity index (χ0v) is 8.72. The Hall–Kier alpha value is -1.68. The molecular weight excluding hydrogens is 188 g/mol. The topological polar surface area (TPSA) is 42.7 Å². The fourth-order valence-electron chi connectivity index (χ4n) is 1.47. The summed E-state index contributed by atoms with van der Waals surface area (Å²) in [6.07, 6.45) is 1.59. The first-order chi connectivity index (χ1) is 7.40. The van der Waals surface area contributed by atoms with Gasteiger partial charge in [0.25, 0.3) is 0 Å². The third-order valence-electron chi connectivity index (χ3n) is 2.21. The molecule has 0 radical (unpaired) electrons. The van der Waals surface area contributed by atoms with Crippen LogP contribution in [0, 0.1) is 0 Å². The highest BCUT2D eigenvalue weighted by Gasteiger charge is 2.02. The summed E-state index contributed by atoms with van der Waals surface area (Å²) in [4.78, 5) is 4.19. The zero-order chi connectivity index (χ0) is 10.5. The molecule has 0 aliphatic carbocycles. The lowest BCUT2D eigenvalue weighted by Gasteiger charge is -2.05. The molecule has 4 heteroatoms. The van der Waals surface area contributed by atoms with E-state index in [0.717, 1.165) is 18.9 Å². The molecule has 1 aromatic carbocycles. The van der Waals surface area contributed by atoms with Gasteiger partial charge in [-0.05, 0) is 12.6 Å². The predicted octanol–water partition coefficient (Wildman–Crippen LogP) is 1.05. The van der Waals surface area contributed by atoms with Crippen molar-refractivity contribution in [2.45, 2.75) is 13.1 Å². The molecule has 1 aromatic heterocycles. The summed E-state index contributed by atoms with van der Waals surface area (Å²) in [6, 6.07) is 10.3. The molecule has 0 aliphatic rings. The number of aromatic nitrogens is 3. The summed E-state index contributed by atoms with van der Waals surface area (Å²) in [6.45, 7) is 1.52. The van der Waals surface area contributed by atoms with Gasteiger partial charge in [-0.15, -0.1) is 0 Å². The Labute approximate surface area is 89.0 Å². The average Bonchev–Trinajstić information content (AvgIpc) is 2.68. The van der Waals surface area contributed by atoms with Crippen LogP contribution in [0.1, 0.15) is 11.4 Å². The molecule has 0 saturated heterocycles. The van der Waals surface area contributed by atoms with Crippen molar-refractivity contribution in [3.05, 3.63) is 48.0 Å². The molecule has 0 unspecified atom stereocenters. The van der Waals surface area contributed by atoms with Crippen LogP contribution in [-0.2, 0) is 13.1 Å². The molecule has 0 aliphatic heterocycles. The van der Waals surface area contributed by atoms with Crippen molar-refractivity contribution in [3.8, 4) is 0 Å². The number of hydrogen-bond acceptors (Lipinski definition) is 3. The third kappa shape index (κ3) is 2.41. The van der Waals surface area contributed by atoms with Crippen LogP contribution in [0.4, 0.5) is 0 Å². The van der Waals surface area contributed by atoms with Gasteiger partial charge in [0.15, 0.2) is 0 Å². The van der Waals surface area contributed by atoms with Crippen molar-refractivity contribution in [2.75, 3.05) is 7.05 Å². The van der Waals surface area contributed by atoms with E-state index in [2.05, 4.69) is 27.5 Å². The smallest absolute Gasteiger partial charge is 0.141 e. The molecule has 1 heterocycles. The highest BCUT2D eigenvalue weighted by Crippen LogP contribution is 2.03. The Morgan fingerprint density at radius 2 is 2.07 bits per heavy atom. The van der Waals surface area contributed by atoms with E-state index >= 15 is 0 Å². The Kier molecular flexibility index (Phi) is 3.09. The van der Waals surface area contributed by atoms with Gasteiger partial charge in [0.2, 0.25) is 0 Å². The van der Waals surface area contributed by atoms with Crippen molar-refractivity contribution < 1.29 is 0 Å². The zero-order valence-electron chi connectivity index (χ0n) is 8.72. The van der Waals surface area contributed by atoms with Gasteiger partial charge in [0, 0.05) is 0 Å². The summed E-state index contributed by atoms with van der Waals surface area (Å²) in [5.41, 5.74) is 1.24. The molecule has 0 spiro atoms. The summed E-state index contributed by atoms with van der Waals surface area (Å²) in [7, 11) is 1.90. The molecule has 0 saturated carbocycles. The number of nitrogens with one attached hydrogen (secondary N) is 1. The van der Waals surface area contributed by atoms with Crippen molar-refractivity contribution in [1.82, 2.24) is 20.1 Å². The van der Waals surface area contributed by atoms with E-state index < -0.39 is 0 Å². The normalized spacial score (nSPS) is 10.5. The van der Waals surface area contributed by atoms with E-state index in [0.29, 0.717) is 0 Å². The molecule has 0 amide bonds. The van der Waals surface area contributed by atoms with E-state index in [1.165, 1.54) is 5.56 Å². The lowest BCUT2D eigenvalue weighted by atomic mass is 10.2. The largest absolute Gasteiger partial charge is 0.313 e. The van der Waals surface area contributed by atoms with Crippen molar-refractivity contribution in [2.24, 2.45) is 0 Å². The fraction of sp³-hybridized carbons (Fsp3) is 0.273. The van der Waals surface area contributed by atoms with Gasteiger partial charge in [-0.2, -0.15) is 5.10 Å². The first-order valence-corrected chi connectivity index (χ1v) is 4.95. The fourth-order valence-corrected chi connectivity index (χ4v) is 1.47. The molecule has 1 N–H and O–H groups in total. The lowest BCUT2D eigenvalue weighted by molar-refractivity contribution is 0.613. The van der Waals surface area contributed by atoms with Gasteiger partial charge < -0.3 is 5.32 Å². The second kappa shape index (κ2) is 4.70. The van der Waals surface area contributed by atoms with Gasteiger partial charge in [-0.3, -0.25) is 0 Å². The van der Waals surface area contributed by atoms with Crippen LogP contribution in [0.15, 0.2) is 36.7 Å². The molecule has 15 heavy (non-hydrogen) atoms. The van der Waals surface area contributed by atoms with E-state index in [4.69, 9.17) is 0 Å². The minimum absolute atomic E-state index is 0.743. The molecule has 2 rings (SSSR count). The molecule has 78 valence electrons. The Balaban J connectivity index is 2.14. The summed E-state index contributed by atoms with van der Waals surface area (Å²) in [5.74, 6) is 0.960. The van der Waals surface area contributed by atoms with Crippen LogP contribution in [0.25, 0.3) is 0 Å². The van der Waals surface area contributed by atoms with Gasteiger partial charge >= 0.3 is 0 Å². The Morgan fingerprint density at radius 1 is 1.27 bits per heavy atom. The van der Waals surface area contributed by atoms with Gasteiger partial charge in [-0.1, -0.05) is 30.3 Å². The maximum absolute atomic E-state index is 4.20. The van der Waals surface area contributed by atoms with Crippen LogP contribution in [-0.4, -0.2) is 21.8 Å². The van der Waals surface area contributed by atoms with Crippen LogP contribution in [0.2, 0.25) is 0 Å². The monoisotopic (exact) mass is 202 g/mol. The van der Waals surface area contributed by atoms with Crippen molar-refractivity contribution in [3.63, 3.8) is 0 Å². The minimum Gasteiger partial charge on any atom is -0.313 e. The van der Waals surface area contributed by atoms with Crippen molar-refractivity contribution in [1.29, 1.82) is 0 Å². The van der Waals surface area contributed by atoms with Crippen molar-refractivity contribution >= 4 is 0 Å². The second-order valence-electron chi connectivity index (χ2n) is 3.35. The molecular formula is C11H14N4. The summed E-state index contributed by atoms with van der Waals surface area (Å²) in [5, 5.41) is 7.27. The average molecular weight is 202 g/mol. The van der Waals surface area contributed by atoms with Crippen LogP contribution in [0.3, 0.4) is 0 Å². The summed E-state index contributed by atoms with van der Waals surface area (Å²) < 4.78 is 1.91. The number of nitrogens with zero attached hydrogens (tertiary/aromatic N) is 3. The molecule has 0 fully saturated rings. The first kappa shape index (κ1) is 9.86. The van der Waals surface area contributed by atoms with Crippen LogP contribution < -0.4 is 5.32 Å². The van der Waals surface area contributed by atoms with E-state index in [1.54, 1.807) is 6.33 Å². The van der Waals surface area contributed by atoms with E-state index in [-0.39, 0.29) is 0 Å². The Morgan fingerprint density at radius 3 is 2.80 bits per heavy atom. The summed E-state index contributed by atoms with van der Waals surface area (Å²) >= 11 is 0. The number of hydrogen-bond donors (Lipinski definition) is 1. The molecule has 0 atom stereocenters. The second-order valence-corrected chi connectivity index (χ2v) is 3.35. The first-order valence-electron chi connectivity index (χ1n) is 4.95. The molecule has 4 nitrogen and oxygen atoms in total. The quantitative estimate of drug-likeness (QED) is 0.805. The standard InChI is InChI=1S/C11H14N4/c1-12-7-11-13-9-14-15(11)8-10-5-3-2-4-6-10/h2-6,9,12H,7-8H2,1H3. The van der Waals surface area contributed by atoms with Crippen LogP contribution >= 0.6 is 0 Å². The Bertz CT molecular complexity index is 408. The minimum atomic E-state index is 0.743. The van der Waals surface area contributed by atoms with E-state index in [9.17, 15) is 0 Å². The SMILES string of the molecule is CNCc1ncnn1Cc1ccccc1. The highest BCUT2D eigenvalue weighted by atomic mass is 15.3. The van der Waals surface area contributed by atoms with Crippen LogP contribution in [0.5, 0.6) is 0 Å². The van der Waals surface area contributed by atoms with E-state index in [1.807, 2.05) is 29.9 Å². The van der Waals surface area contributed by atoms with Gasteiger partial charge in [0.1, 0.15) is 12.2 Å². The molecule has 2 aromatic rings. The number of benzene rings is 1. The number of rotatable bonds is 4. The maximum atomic E-state index is 4.20. The maximum Gasteiger partial charge on any atom is 0.141 e.